The minimum absolute atomic E-state index is 0.0536. The SMILES string of the molecule is CCCc1nnc(N2CC(C(=O)O)CC2=O)s1. The van der Waals surface area contributed by atoms with E-state index in [1.54, 1.807) is 0 Å². The van der Waals surface area contributed by atoms with Crippen LogP contribution in [0.15, 0.2) is 0 Å². The van der Waals surface area contributed by atoms with Gasteiger partial charge in [0.1, 0.15) is 5.01 Å². The Labute approximate surface area is 102 Å². The zero-order chi connectivity index (χ0) is 12.4. The van der Waals surface area contributed by atoms with Crippen LogP contribution in [0.1, 0.15) is 24.8 Å². The second kappa shape index (κ2) is 4.79. The van der Waals surface area contributed by atoms with Gasteiger partial charge in [0.05, 0.1) is 5.92 Å². The first-order valence-corrected chi connectivity index (χ1v) is 6.29. The Morgan fingerprint density at radius 2 is 2.35 bits per heavy atom. The number of carboxylic acids is 1. The van der Waals surface area contributed by atoms with Crippen LogP contribution in [0, 0.1) is 5.92 Å². The van der Waals surface area contributed by atoms with Gasteiger partial charge < -0.3 is 5.11 Å². The summed E-state index contributed by atoms with van der Waals surface area (Å²) in [5.74, 6) is -1.74. The molecule has 1 aromatic heterocycles. The molecule has 1 atom stereocenters. The molecule has 1 unspecified atom stereocenters. The van der Waals surface area contributed by atoms with Crippen LogP contribution in [-0.4, -0.2) is 33.7 Å². The Balaban J connectivity index is 2.11. The van der Waals surface area contributed by atoms with Gasteiger partial charge in [0.15, 0.2) is 0 Å². The van der Waals surface area contributed by atoms with Crippen LogP contribution in [0.3, 0.4) is 0 Å². The number of hydrogen-bond donors (Lipinski definition) is 1. The predicted molar refractivity (Wildman–Crippen MR) is 62.0 cm³/mol. The van der Waals surface area contributed by atoms with E-state index in [1.165, 1.54) is 16.2 Å². The molecule has 0 spiro atoms. The van der Waals surface area contributed by atoms with Crippen molar-refractivity contribution >= 4 is 28.3 Å². The van der Waals surface area contributed by atoms with Crippen molar-refractivity contribution in [3.05, 3.63) is 5.01 Å². The van der Waals surface area contributed by atoms with Crippen LogP contribution < -0.4 is 4.90 Å². The summed E-state index contributed by atoms with van der Waals surface area (Å²) in [6.45, 7) is 2.25. The normalized spacial score (nSPS) is 19.9. The smallest absolute Gasteiger partial charge is 0.308 e. The molecule has 0 saturated carbocycles. The van der Waals surface area contributed by atoms with E-state index in [0.29, 0.717) is 5.13 Å². The van der Waals surface area contributed by atoms with Gasteiger partial charge in [-0.05, 0) is 6.42 Å². The van der Waals surface area contributed by atoms with Gasteiger partial charge in [-0.2, -0.15) is 0 Å². The molecule has 0 aliphatic carbocycles. The quantitative estimate of drug-likeness (QED) is 0.865. The largest absolute Gasteiger partial charge is 0.481 e. The number of carbonyl (C=O) groups excluding carboxylic acids is 1. The summed E-state index contributed by atoms with van der Waals surface area (Å²) < 4.78 is 0. The van der Waals surface area contributed by atoms with E-state index in [9.17, 15) is 9.59 Å². The van der Waals surface area contributed by atoms with Crippen LogP contribution in [0.25, 0.3) is 0 Å². The number of anilines is 1. The van der Waals surface area contributed by atoms with Crippen molar-refractivity contribution in [1.82, 2.24) is 10.2 Å². The van der Waals surface area contributed by atoms with E-state index < -0.39 is 11.9 Å². The molecular formula is C10H13N3O3S. The van der Waals surface area contributed by atoms with Crippen molar-refractivity contribution in [2.75, 3.05) is 11.4 Å². The lowest BCUT2D eigenvalue weighted by atomic mass is 10.1. The van der Waals surface area contributed by atoms with Crippen molar-refractivity contribution in [2.45, 2.75) is 26.2 Å². The van der Waals surface area contributed by atoms with Crippen molar-refractivity contribution in [1.29, 1.82) is 0 Å². The highest BCUT2D eigenvalue weighted by molar-refractivity contribution is 7.15. The van der Waals surface area contributed by atoms with E-state index in [2.05, 4.69) is 10.2 Å². The molecule has 1 aromatic rings. The average Bonchev–Trinajstić information content (AvgIpc) is 2.85. The summed E-state index contributed by atoms with van der Waals surface area (Å²) in [5.41, 5.74) is 0. The van der Waals surface area contributed by atoms with Crippen LogP contribution in [0.5, 0.6) is 0 Å². The summed E-state index contributed by atoms with van der Waals surface area (Å²) in [7, 11) is 0. The fourth-order valence-electron chi connectivity index (χ4n) is 1.73. The van der Waals surface area contributed by atoms with E-state index in [0.717, 1.165) is 17.8 Å². The molecule has 0 bridgehead atoms. The topological polar surface area (TPSA) is 83.4 Å². The molecule has 0 aromatic carbocycles. The first-order chi connectivity index (χ1) is 8.11. The van der Waals surface area contributed by atoms with Gasteiger partial charge in [-0.15, -0.1) is 10.2 Å². The molecule has 1 N–H and O–H groups in total. The van der Waals surface area contributed by atoms with Gasteiger partial charge in [0.25, 0.3) is 0 Å². The summed E-state index contributed by atoms with van der Waals surface area (Å²) >= 11 is 1.36. The Bertz CT molecular complexity index is 446. The number of amides is 1. The van der Waals surface area contributed by atoms with Crippen molar-refractivity contribution in [2.24, 2.45) is 5.92 Å². The molecular weight excluding hydrogens is 242 g/mol. The number of aliphatic carboxylic acids is 1. The predicted octanol–water partition coefficient (Wildman–Crippen LogP) is 0.928. The highest BCUT2D eigenvalue weighted by Crippen LogP contribution is 2.28. The van der Waals surface area contributed by atoms with E-state index in [-0.39, 0.29) is 18.9 Å². The van der Waals surface area contributed by atoms with E-state index in [1.807, 2.05) is 6.92 Å². The van der Waals surface area contributed by atoms with Crippen LogP contribution in [0.4, 0.5) is 5.13 Å². The summed E-state index contributed by atoms with van der Waals surface area (Å²) in [6, 6.07) is 0. The Kier molecular flexibility index (Phi) is 3.37. The number of carboxylic acid groups (broad SMARTS) is 1. The number of nitrogens with zero attached hydrogens (tertiary/aromatic N) is 3. The van der Waals surface area contributed by atoms with Gasteiger partial charge >= 0.3 is 5.97 Å². The van der Waals surface area contributed by atoms with E-state index in [4.69, 9.17) is 5.11 Å². The summed E-state index contributed by atoms with van der Waals surface area (Å²) in [5, 5.41) is 18.2. The van der Waals surface area contributed by atoms with Gasteiger partial charge in [-0.3, -0.25) is 14.5 Å². The first kappa shape index (κ1) is 12.0. The molecule has 6 nitrogen and oxygen atoms in total. The number of aromatic nitrogens is 2. The molecule has 7 heteroatoms. The molecule has 1 aliphatic rings. The highest BCUT2D eigenvalue weighted by Gasteiger charge is 2.36. The standard InChI is InChI=1S/C10H13N3O3S/c1-2-3-7-11-12-10(17-7)13-5-6(9(15)16)4-8(13)14/h6H,2-5H2,1H3,(H,15,16). The van der Waals surface area contributed by atoms with Gasteiger partial charge in [-0.1, -0.05) is 18.3 Å². The van der Waals surface area contributed by atoms with Crippen LogP contribution in [0.2, 0.25) is 0 Å². The minimum atomic E-state index is -0.931. The number of carbonyl (C=O) groups is 2. The minimum Gasteiger partial charge on any atom is -0.481 e. The van der Waals surface area contributed by atoms with Crippen molar-refractivity contribution in [3.63, 3.8) is 0 Å². The maximum absolute atomic E-state index is 11.7. The van der Waals surface area contributed by atoms with Gasteiger partial charge in [0, 0.05) is 19.4 Å². The molecule has 0 radical (unpaired) electrons. The van der Waals surface area contributed by atoms with Gasteiger partial charge in [0.2, 0.25) is 11.0 Å². The third-order valence-electron chi connectivity index (χ3n) is 2.63. The number of hydrogen-bond acceptors (Lipinski definition) is 5. The number of rotatable bonds is 4. The maximum Gasteiger partial charge on any atom is 0.308 e. The van der Waals surface area contributed by atoms with Crippen LogP contribution >= 0.6 is 11.3 Å². The summed E-state index contributed by atoms with van der Waals surface area (Å²) in [4.78, 5) is 23.9. The molecule has 1 aliphatic heterocycles. The second-order valence-corrected chi connectivity index (χ2v) is 5.01. The average molecular weight is 255 g/mol. The third kappa shape index (κ3) is 2.44. The molecule has 1 saturated heterocycles. The fraction of sp³-hybridized carbons (Fsp3) is 0.600. The zero-order valence-corrected chi connectivity index (χ0v) is 10.2. The summed E-state index contributed by atoms with van der Waals surface area (Å²) in [6.07, 6.45) is 1.86. The molecule has 17 heavy (non-hydrogen) atoms. The lowest BCUT2D eigenvalue weighted by Gasteiger charge is -2.10. The lowest BCUT2D eigenvalue weighted by molar-refractivity contribution is -0.141. The lowest BCUT2D eigenvalue weighted by Crippen LogP contribution is -2.25. The van der Waals surface area contributed by atoms with Crippen LogP contribution in [-0.2, 0) is 16.0 Å². The van der Waals surface area contributed by atoms with Gasteiger partial charge in [-0.25, -0.2) is 0 Å². The van der Waals surface area contributed by atoms with Crippen molar-refractivity contribution < 1.29 is 14.7 Å². The monoisotopic (exact) mass is 255 g/mol. The zero-order valence-electron chi connectivity index (χ0n) is 9.42. The fourth-order valence-corrected chi connectivity index (χ4v) is 2.69. The maximum atomic E-state index is 11.7. The molecule has 1 amide bonds. The third-order valence-corrected chi connectivity index (χ3v) is 3.63. The van der Waals surface area contributed by atoms with Crippen molar-refractivity contribution in [3.8, 4) is 0 Å². The Hall–Kier alpha value is -1.50. The number of aryl methyl sites for hydroxylation is 1. The molecule has 2 heterocycles. The molecule has 1 fully saturated rings. The second-order valence-electron chi connectivity index (χ2n) is 3.97. The molecule has 2 rings (SSSR count). The first-order valence-electron chi connectivity index (χ1n) is 5.47. The Morgan fingerprint density at radius 3 is 2.94 bits per heavy atom. The van der Waals surface area contributed by atoms with E-state index >= 15 is 0 Å². The highest BCUT2D eigenvalue weighted by atomic mass is 32.1. The Morgan fingerprint density at radius 1 is 1.59 bits per heavy atom. The molecule has 92 valence electrons.